The Morgan fingerprint density at radius 1 is 1.07 bits per heavy atom. The summed E-state index contributed by atoms with van der Waals surface area (Å²) in [5.41, 5.74) is 3.95. The third kappa shape index (κ3) is 4.65. The zero-order valence-corrected chi connectivity index (χ0v) is 16.6. The number of hydrogen-bond donors (Lipinski definition) is 1. The van der Waals surface area contributed by atoms with Crippen LogP contribution in [0.1, 0.15) is 27.3 Å². The predicted octanol–water partition coefficient (Wildman–Crippen LogP) is 4.12. The molecule has 2 aromatic carbocycles. The van der Waals surface area contributed by atoms with Crippen LogP contribution in [0.25, 0.3) is 0 Å². The van der Waals surface area contributed by atoms with E-state index in [2.05, 4.69) is 15.3 Å². The van der Waals surface area contributed by atoms with E-state index in [1.807, 2.05) is 62.4 Å². The van der Waals surface area contributed by atoms with Crippen LogP contribution in [0.2, 0.25) is 0 Å². The maximum Gasteiger partial charge on any atom is 0.272 e. The lowest BCUT2D eigenvalue weighted by Gasteiger charge is -2.18. The number of carbonyl (C=O) groups is 1. The minimum Gasteiger partial charge on any atom is -0.495 e. The second-order valence-corrected chi connectivity index (χ2v) is 6.69. The molecule has 0 aliphatic carbocycles. The summed E-state index contributed by atoms with van der Waals surface area (Å²) in [6.45, 7) is 4.35. The molecule has 6 heteroatoms. The SMILES string of the molecule is COc1ccc(C)cc1Nc1nc(C)cc(C(=O)N(C)Cc2ccccc2)n1. The Morgan fingerprint density at radius 3 is 2.54 bits per heavy atom. The lowest BCUT2D eigenvalue weighted by Crippen LogP contribution is -2.27. The molecule has 0 bridgehead atoms. The van der Waals surface area contributed by atoms with Crippen molar-refractivity contribution in [1.82, 2.24) is 14.9 Å². The molecular formula is C22H24N4O2. The highest BCUT2D eigenvalue weighted by Crippen LogP contribution is 2.27. The number of benzene rings is 2. The fourth-order valence-corrected chi connectivity index (χ4v) is 2.90. The lowest BCUT2D eigenvalue weighted by atomic mass is 10.2. The summed E-state index contributed by atoms with van der Waals surface area (Å²) in [5.74, 6) is 0.888. The van der Waals surface area contributed by atoms with Crippen molar-refractivity contribution in [2.45, 2.75) is 20.4 Å². The Bertz CT molecular complexity index is 974. The first-order valence-electron chi connectivity index (χ1n) is 9.03. The number of nitrogens with zero attached hydrogens (tertiary/aromatic N) is 3. The van der Waals surface area contributed by atoms with Crippen LogP contribution in [0.15, 0.2) is 54.6 Å². The normalized spacial score (nSPS) is 10.4. The number of carbonyl (C=O) groups excluding carboxylic acids is 1. The molecule has 0 saturated carbocycles. The van der Waals surface area contributed by atoms with Crippen LogP contribution < -0.4 is 10.1 Å². The molecule has 1 amide bonds. The van der Waals surface area contributed by atoms with Gasteiger partial charge in [-0.05, 0) is 43.2 Å². The second kappa shape index (κ2) is 8.52. The molecule has 1 N–H and O–H groups in total. The highest BCUT2D eigenvalue weighted by atomic mass is 16.5. The number of rotatable bonds is 6. The van der Waals surface area contributed by atoms with Gasteiger partial charge >= 0.3 is 0 Å². The molecule has 0 atom stereocenters. The summed E-state index contributed by atoms with van der Waals surface area (Å²) in [4.78, 5) is 23.4. The van der Waals surface area contributed by atoms with Crippen LogP contribution in [0.3, 0.4) is 0 Å². The number of anilines is 2. The Hall–Kier alpha value is -3.41. The Morgan fingerprint density at radius 2 is 1.82 bits per heavy atom. The van der Waals surface area contributed by atoms with Gasteiger partial charge in [0.25, 0.3) is 5.91 Å². The summed E-state index contributed by atoms with van der Waals surface area (Å²) in [5, 5.41) is 3.17. The molecule has 1 aromatic heterocycles. The monoisotopic (exact) mass is 376 g/mol. The van der Waals surface area contributed by atoms with Crippen molar-refractivity contribution in [1.29, 1.82) is 0 Å². The zero-order valence-electron chi connectivity index (χ0n) is 16.6. The van der Waals surface area contributed by atoms with Crippen molar-refractivity contribution in [3.63, 3.8) is 0 Å². The van der Waals surface area contributed by atoms with Crippen LogP contribution in [-0.2, 0) is 6.54 Å². The minimum atomic E-state index is -0.159. The largest absolute Gasteiger partial charge is 0.495 e. The number of nitrogens with one attached hydrogen (secondary N) is 1. The third-order valence-electron chi connectivity index (χ3n) is 4.28. The summed E-state index contributed by atoms with van der Waals surface area (Å²) in [7, 11) is 3.38. The van der Waals surface area contributed by atoms with Crippen molar-refractivity contribution >= 4 is 17.5 Å². The van der Waals surface area contributed by atoms with Gasteiger partial charge in [-0.15, -0.1) is 0 Å². The quantitative estimate of drug-likeness (QED) is 0.701. The second-order valence-electron chi connectivity index (χ2n) is 6.69. The van der Waals surface area contributed by atoms with Gasteiger partial charge in [0.05, 0.1) is 12.8 Å². The number of aryl methyl sites for hydroxylation is 2. The third-order valence-corrected chi connectivity index (χ3v) is 4.28. The summed E-state index contributed by atoms with van der Waals surface area (Å²) in [6, 6.07) is 17.4. The molecule has 1 heterocycles. The van der Waals surface area contributed by atoms with Crippen molar-refractivity contribution in [2.75, 3.05) is 19.5 Å². The smallest absolute Gasteiger partial charge is 0.272 e. The number of aromatic nitrogens is 2. The summed E-state index contributed by atoms with van der Waals surface area (Å²) >= 11 is 0. The van der Waals surface area contributed by atoms with E-state index in [1.165, 1.54) is 0 Å². The van der Waals surface area contributed by atoms with E-state index in [1.54, 1.807) is 25.1 Å². The Labute approximate surface area is 165 Å². The van der Waals surface area contributed by atoms with E-state index in [4.69, 9.17) is 4.74 Å². The van der Waals surface area contributed by atoms with Gasteiger partial charge in [0.1, 0.15) is 11.4 Å². The molecule has 3 aromatic rings. The van der Waals surface area contributed by atoms with Crippen LogP contribution in [0.4, 0.5) is 11.6 Å². The van der Waals surface area contributed by atoms with Crippen LogP contribution >= 0.6 is 0 Å². The number of ether oxygens (including phenoxy) is 1. The Kier molecular flexibility index (Phi) is 5.89. The van der Waals surface area contributed by atoms with Gasteiger partial charge in [-0.25, -0.2) is 9.97 Å². The van der Waals surface area contributed by atoms with Crippen LogP contribution in [0.5, 0.6) is 5.75 Å². The Balaban J connectivity index is 1.83. The van der Waals surface area contributed by atoms with E-state index in [-0.39, 0.29) is 5.91 Å². The number of hydrogen-bond acceptors (Lipinski definition) is 5. The molecule has 0 aliphatic heterocycles. The summed E-state index contributed by atoms with van der Waals surface area (Å²) < 4.78 is 5.39. The van der Waals surface area contributed by atoms with Gasteiger partial charge in [-0.1, -0.05) is 36.4 Å². The predicted molar refractivity (Wildman–Crippen MR) is 110 cm³/mol. The van der Waals surface area contributed by atoms with E-state index in [0.29, 0.717) is 29.6 Å². The van der Waals surface area contributed by atoms with Gasteiger partial charge in [0.2, 0.25) is 5.95 Å². The average Bonchev–Trinajstić information content (AvgIpc) is 2.68. The molecule has 28 heavy (non-hydrogen) atoms. The zero-order chi connectivity index (χ0) is 20.1. The molecule has 3 rings (SSSR count). The topological polar surface area (TPSA) is 67.3 Å². The van der Waals surface area contributed by atoms with Crippen molar-refractivity contribution < 1.29 is 9.53 Å². The van der Waals surface area contributed by atoms with E-state index >= 15 is 0 Å². The number of amides is 1. The van der Waals surface area contributed by atoms with Crippen LogP contribution in [0, 0.1) is 13.8 Å². The van der Waals surface area contributed by atoms with Gasteiger partial charge in [-0.2, -0.15) is 0 Å². The summed E-state index contributed by atoms with van der Waals surface area (Å²) in [6.07, 6.45) is 0. The molecule has 6 nitrogen and oxygen atoms in total. The molecule has 0 unspecified atom stereocenters. The van der Waals surface area contributed by atoms with E-state index in [0.717, 1.165) is 16.8 Å². The first-order valence-corrected chi connectivity index (χ1v) is 9.03. The van der Waals surface area contributed by atoms with Gasteiger partial charge < -0.3 is 15.0 Å². The molecular weight excluding hydrogens is 352 g/mol. The van der Waals surface area contributed by atoms with Gasteiger partial charge in [0, 0.05) is 19.3 Å². The first-order chi connectivity index (χ1) is 13.5. The van der Waals surface area contributed by atoms with E-state index in [9.17, 15) is 4.79 Å². The average molecular weight is 376 g/mol. The molecule has 0 radical (unpaired) electrons. The minimum absolute atomic E-state index is 0.159. The van der Waals surface area contributed by atoms with Crippen molar-refractivity contribution in [3.05, 3.63) is 77.1 Å². The van der Waals surface area contributed by atoms with E-state index < -0.39 is 0 Å². The highest BCUT2D eigenvalue weighted by Gasteiger charge is 2.16. The molecule has 0 aliphatic rings. The molecule has 0 spiro atoms. The standard InChI is InChI=1S/C22H24N4O2/c1-15-10-11-20(28-4)18(12-15)24-22-23-16(2)13-19(25-22)21(27)26(3)14-17-8-6-5-7-9-17/h5-13H,14H2,1-4H3,(H,23,24,25). The molecule has 0 fully saturated rings. The maximum atomic E-state index is 12.9. The maximum absolute atomic E-state index is 12.9. The van der Waals surface area contributed by atoms with Gasteiger partial charge in [-0.3, -0.25) is 4.79 Å². The fourth-order valence-electron chi connectivity index (χ4n) is 2.90. The fraction of sp³-hybridized carbons (Fsp3) is 0.227. The van der Waals surface area contributed by atoms with Crippen molar-refractivity contribution in [2.24, 2.45) is 0 Å². The first kappa shape index (κ1) is 19.4. The van der Waals surface area contributed by atoms with Crippen LogP contribution in [-0.4, -0.2) is 34.9 Å². The molecule has 0 saturated heterocycles. The van der Waals surface area contributed by atoms with Gasteiger partial charge in [0.15, 0.2) is 0 Å². The lowest BCUT2D eigenvalue weighted by molar-refractivity contribution is 0.0779. The number of methoxy groups -OCH3 is 1. The highest BCUT2D eigenvalue weighted by molar-refractivity contribution is 5.92. The van der Waals surface area contributed by atoms with Crippen molar-refractivity contribution in [3.8, 4) is 5.75 Å². The molecule has 144 valence electrons.